The van der Waals surface area contributed by atoms with Gasteiger partial charge in [-0.05, 0) is 23.7 Å². The molecule has 0 saturated carbocycles. The average molecular weight is 234 g/mol. The molecule has 0 aliphatic heterocycles. The van der Waals surface area contributed by atoms with Crippen molar-refractivity contribution in [3.05, 3.63) is 33.3 Å². The number of hydrogen-bond donors (Lipinski definition) is 0. The van der Waals surface area contributed by atoms with Gasteiger partial charge in [0.15, 0.2) is 0 Å². The van der Waals surface area contributed by atoms with E-state index in [9.17, 15) is 4.79 Å². The van der Waals surface area contributed by atoms with Gasteiger partial charge in [-0.25, -0.2) is 0 Å². The van der Waals surface area contributed by atoms with Gasteiger partial charge in [0.25, 0.3) is 5.24 Å². The Bertz CT molecular complexity index is 409. The summed E-state index contributed by atoms with van der Waals surface area (Å²) in [6.07, 6.45) is 0. The highest BCUT2D eigenvalue weighted by molar-refractivity contribution is 6.68. The van der Waals surface area contributed by atoms with E-state index in [2.05, 4.69) is 0 Å². The second-order valence-electron chi connectivity index (χ2n) is 2.17. The van der Waals surface area contributed by atoms with Crippen molar-refractivity contribution in [3.63, 3.8) is 0 Å². The minimum atomic E-state index is -0.710. The summed E-state index contributed by atoms with van der Waals surface area (Å²) in [4.78, 5) is 10.8. The topological polar surface area (TPSA) is 40.9 Å². The van der Waals surface area contributed by atoms with E-state index in [-0.39, 0.29) is 21.2 Å². The number of benzene rings is 1. The van der Waals surface area contributed by atoms with E-state index in [0.29, 0.717) is 0 Å². The molecule has 0 atom stereocenters. The molecule has 0 heterocycles. The third-order valence-corrected chi connectivity index (χ3v) is 2.33. The van der Waals surface area contributed by atoms with Crippen LogP contribution in [-0.2, 0) is 0 Å². The van der Waals surface area contributed by atoms with Gasteiger partial charge in [-0.3, -0.25) is 4.79 Å². The summed E-state index contributed by atoms with van der Waals surface area (Å²) < 4.78 is 0. The first kappa shape index (κ1) is 10.3. The highest BCUT2D eigenvalue weighted by Gasteiger charge is 2.13. The lowest BCUT2D eigenvalue weighted by molar-refractivity contribution is 0.108. The molecule has 0 saturated heterocycles. The standard InChI is InChI=1S/C8H2Cl3NO/c9-6-2-1-4(8(11)13)7(10)5(6)3-12/h1-2H. The molecule has 0 radical (unpaired) electrons. The van der Waals surface area contributed by atoms with Gasteiger partial charge >= 0.3 is 0 Å². The molecule has 0 fully saturated rings. The summed E-state index contributed by atoms with van der Waals surface area (Å²) in [5.41, 5.74) is 0.152. The van der Waals surface area contributed by atoms with Gasteiger partial charge < -0.3 is 0 Å². The zero-order chi connectivity index (χ0) is 10.0. The molecule has 5 heteroatoms. The Labute approximate surface area is 89.6 Å². The molecule has 0 aromatic heterocycles. The minimum Gasteiger partial charge on any atom is -0.276 e. The molecular weight excluding hydrogens is 232 g/mol. The second-order valence-corrected chi connectivity index (χ2v) is 3.30. The highest BCUT2D eigenvalue weighted by Crippen LogP contribution is 2.28. The van der Waals surface area contributed by atoms with Crippen LogP contribution in [0.4, 0.5) is 0 Å². The molecule has 1 aromatic carbocycles. The van der Waals surface area contributed by atoms with Crippen molar-refractivity contribution >= 4 is 40.0 Å². The summed E-state index contributed by atoms with van der Waals surface area (Å²) in [6.45, 7) is 0. The van der Waals surface area contributed by atoms with Gasteiger partial charge in [0.05, 0.1) is 21.2 Å². The first-order valence-electron chi connectivity index (χ1n) is 3.16. The van der Waals surface area contributed by atoms with Crippen LogP contribution in [0.25, 0.3) is 0 Å². The summed E-state index contributed by atoms with van der Waals surface area (Å²) in [6, 6.07) is 4.56. The first-order valence-corrected chi connectivity index (χ1v) is 4.29. The van der Waals surface area contributed by atoms with Crippen LogP contribution in [0.2, 0.25) is 10.0 Å². The van der Waals surface area contributed by atoms with Crippen LogP contribution in [0.1, 0.15) is 15.9 Å². The van der Waals surface area contributed by atoms with Crippen molar-refractivity contribution in [1.82, 2.24) is 0 Å². The van der Waals surface area contributed by atoms with Crippen LogP contribution >= 0.6 is 34.8 Å². The van der Waals surface area contributed by atoms with Crippen molar-refractivity contribution in [2.24, 2.45) is 0 Å². The summed E-state index contributed by atoms with van der Waals surface area (Å²) in [5.74, 6) is 0. The molecular formula is C8H2Cl3NO. The monoisotopic (exact) mass is 233 g/mol. The summed E-state index contributed by atoms with van der Waals surface area (Å²) in [5, 5.41) is 8.12. The van der Waals surface area contributed by atoms with E-state index in [4.69, 9.17) is 40.1 Å². The SMILES string of the molecule is N#Cc1c(Cl)ccc(C(=O)Cl)c1Cl. The molecule has 0 spiro atoms. The summed E-state index contributed by atoms with van der Waals surface area (Å²) in [7, 11) is 0. The van der Waals surface area contributed by atoms with E-state index >= 15 is 0 Å². The number of hydrogen-bond acceptors (Lipinski definition) is 2. The Kier molecular flexibility index (Phi) is 3.16. The van der Waals surface area contributed by atoms with Crippen molar-refractivity contribution in [3.8, 4) is 6.07 Å². The van der Waals surface area contributed by atoms with Crippen molar-refractivity contribution in [1.29, 1.82) is 5.26 Å². The van der Waals surface area contributed by atoms with Crippen molar-refractivity contribution in [2.75, 3.05) is 0 Å². The third kappa shape index (κ3) is 1.94. The van der Waals surface area contributed by atoms with Gasteiger partial charge in [-0.15, -0.1) is 0 Å². The largest absolute Gasteiger partial charge is 0.276 e. The second kappa shape index (κ2) is 3.97. The normalized spacial score (nSPS) is 9.38. The zero-order valence-corrected chi connectivity index (χ0v) is 8.41. The van der Waals surface area contributed by atoms with Crippen LogP contribution < -0.4 is 0 Å². The lowest BCUT2D eigenvalue weighted by Gasteiger charge is -2.01. The predicted molar refractivity (Wildman–Crippen MR) is 51.4 cm³/mol. The number of nitrogens with zero attached hydrogens (tertiary/aromatic N) is 1. The molecule has 0 amide bonds. The molecule has 0 N–H and O–H groups in total. The van der Waals surface area contributed by atoms with Crippen LogP contribution in [0.15, 0.2) is 12.1 Å². The van der Waals surface area contributed by atoms with Crippen LogP contribution in [0, 0.1) is 11.3 Å². The molecule has 0 aliphatic rings. The van der Waals surface area contributed by atoms with Gasteiger partial charge in [0.2, 0.25) is 0 Å². The van der Waals surface area contributed by atoms with Gasteiger partial charge in [0, 0.05) is 0 Å². The number of carbonyl (C=O) groups excluding carboxylic acids is 1. The Morgan fingerprint density at radius 1 is 1.38 bits per heavy atom. The lowest BCUT2D eigenvalue weighted by atomic mass is 10.1. The Morgan fingerprint density at radius 3 is 2.46 bits per heavy atom. The van der Waals surface area contributed by atoms with E-state index in [1.165, 1.54) is 12.1 Å². The van der Waals surface area contributed by atoms with Gasteiger partial charge in [0.1, 0.15) is 6.07 Å². The molecule has 0 aliphatic carbocycles. The van der Waals surface area contributed by atoms with Crippen molar-refractivity contribution < 1.29 is 4.79 Å². The smallest absolute Gasteiger partial charge is 0.253 e. The first-order chi connectivity index (χ1) is 6.07. The molecule has 13 heavy (non-hydrogen) atoms. The summed E-state index contributed by atoms with van der Waals surface area (Å²) >= 11 is 16.6. The average Bonchev–Trinajstić information content (AvgIpc) is 2.04. The Hall–Kier alpha value is -0.750. The highest BCUT2D eigenvalue weighted by atomic mass is 35.5. The quantitative estimate of drug-likeness (QED) is 0.700. The maximum absolute atomic E-state index is 10.8. The van der Waals surface area contributed by atoms with Crippen molar-refractivity contribution in [2.45, 2.75) is 0 Å². The maximum Gasteiger partial charge on any atom is 0.253 e. The Morgan fingerprint density at radius 2 is 2.00 bits per heavy atom. The third-order valence-electron chi connectivity index (χ3n) is 1.41. The van der Waals surface area contributed by atoms with Gasteiger partial charge in [-0.1, -0.05) is 23.2 Å². The fraction of sp³-hybridized carbons (Fsp3) is 0. The molecule has 1 rings (SSSR count). The molecule has 0 unspecified atom stereocenters. The zero-order valence-electron chi connectivity index (χ0n) is 6.14. The number of carbonyl (C=O) groups is 1. The van der Waals surface area contributed by atoms with Gasteiger partial charge in [-0.2, -0.15) is 5.26 Å². The fourth-order valence-electron chi connectivity index (χ4n) is 0.807. The molecule has 0 bridgehead atoms. The number of nitriles is 1. The van der Waals surface area contributed by atoms with E-state index in [1.807, 2.05) is 0 Å². The number of rotatable bonds is 1. The van der Waals surface area contributed by atoms with Crippen LogP contribution in [0.3, 0.4) is 0 Å². The van der Waals surface area contributed by atoms with E-state index < -0.39 is 5.24 Å². The van der Waals surface area contributed by atoms with Crippen LogP contribution in [-0.4, -0.2) is 5.24 Å². The fourth-order valence-corrected chi connectivity index (χ4v) is 1.55. The molecule has 1 aromatic rings. The van der Waals surface area contributed by atoms with E-state index in [1.54, 1.807) is 6.07 Å². The molecule has 2 nitrogen and oxygen atoms in total. The number of halogens is 3. The molecule has 66 valence electrons. The lowest BCUT2D eigenvalue weighted by Crippen LogP contribution is -1.93. The minimum absolute atomic E-state index is 0.00463. The predicted octanol–water partition coefficient (Wildman–Crippen LogP) is 3.24. The maximum atomic E-state index is 10.8. The van der Waals surface area contributed by atoms with Crippen LogP contribution in [0.5, 0.6) is 0 Å². The Balaban J connectivity index is 3.47. The van der Waals surface area contributed by atoms with E-state index in [0.717, 1.165) is 0 Å².